The molecule has 1 fully saturated rings. The summed E-state index contributed by atoms with van der Waals surface area (Å²) in [6, 6.07) is 10.0. The van der Waals surface area contributed by atoms with Gasteiger partial charge < -0.3 is 15.2 Å². The monoisotopic (exact) mass is 377 g/mol. The van der Waals surface area contributed by atoms with Gasteiger partial charge in [0.25, 0.3) is 5.91 Å². The molecule has 1 aliphatic heterocycles. The molecular formula is C22H27N5O. The van der Waals surface area contributed by atoms with E-state index in [1.807, 2.05) is 31.3 Å². The Morgan fingerprint density at radius 2 is 2.04 bits per heavy atom. The molecule has 1 saturated heterocycles. The molecule has 0 bridgehead atoms. The first-order valence-corrected chi connectivity index (χ1v) is 10.0. The zero-order chi connectivity index (χ0) is 19.5. The smallest absolute Gasteiger partial charge is 0.270 e. The molecule has 1 aliphatic rings. The Balaban J connectivity index is 1.40. The van der Waals surface area contributed by atoms with Crippen molar-refractivity contribution in [3.63, 3.8) is 0 Å². The molecule has 0 saturated carbocycles. The molecule has 3 heterocycles. The van der Waals surface area contributed by atoms with E-state index < -0.39 is 0 Å². The summed E-state index contributed by atoms with van der Waals surface area (Å²) in [5.74, 6) is 2.11. The van der Waals surface area contributed by atoms with Crippen molar-refractivity contribution >= 4 is 22.6 Å². The zero-order valence-corrected chi connectivity index (χ0v) is 16.5. The Labute approximate surface area is 165 Å². The summed E-state index contributed by atoms with van der Waals surface area (Å²) in [6.07, 6.45) is 5.11. The van der Waals surface area contributed by atoms with Gasteiger partial charge in [-0.15, -0.1) is 0 Å². The second-order valence-electron chi connectivity index (χ2n) is 7.69. The van der Waals surface area contributed by atoms with Crippen LogP contribution in [0, 0.1) is 12.8 Å². The van der Waals surface area contributed by atoms with Crippen molar-refractivity contribution in [2.24, 2.45) is 5.92 Å². The van der Waals surface area contributed by atoms with E-state index in [9.17, 15) is 4.79 Å². The number of fused-ring (bicyclic) bond motifs is 1. The van der Waals surface area contributed by atoms with E-state index in [0.29, 0.717) is 18.1 Å². The third-order valence-corrected chi connectivity index (χ3v) is 5.52. The van der Waals surface area contributed by atoms with Crippen molar-refractivity contribution in [3.8, 4) is 0 Å². The number of aromatic nitrogens is 3. The van der Waals surface area contributed by atoms with Crippen LogP contribution in [-0.4, -0.2) is 40.5 Å². The molecule has 6 nitrogen and oxygen atoms in total. The first kappa shape index (κ1) is 18.5. The second-order valence-corrected chi connectivity index (χ2v) is 7.69. The lowest BCUT2D eigenvalue weighted by Crippen LogP contribution is -2.34. The van der Waals surface area contributed by atoms with E-state index in [4.69, 9.17) is 0 Å². The van der Waals surface area contributed by atoms with Crippen molar-refractivity contribution in [1.29, 1.82) is 0 Å². The van der Waals surface area contributed by atoms with E-state index in [2.05, 4.69) is 44.2 Å². The van der Waals surface area contributed by atoms with Crippen molar-refractivity contribution in [2.45, 2.75) is 33.1 Å². The molecule has 6 heteroatoms. The predicted molar refractivity (Wildman–Crippen MR) is 112 cm³/mol. The van der Waals surface area contributed by atoms with Crippen LogP contribution in [-0.2, 0) is 6.42 Å². The summed E-state index contributed by atoms with van der Waals surface area (Å²) in [7, 11) is 0. The lowest BCUT2D eigenvalue weighted by Gasteiger charge is -2.31. The molecule has 2 N–H and O–H groups in total. The molecule has 146 valence electrons. The quantitative estimate of drug-likeness (QED) is 0.714. The number of anilines is 1. The standard InChI is InChI=1S/C22H27N5O/c1-15-8-11-27(12-9-15)21-13-20(25-16(2)26-21)22(28)23-10-7-17-14-24-19-6-4-3-5-18(17)19/h3-6,13-15,24H,7-12H2,1-2H3,(H,23,28). The number of nitrogens with one attached hydrogen (secondary N) is 2. The number of carbonyl (C=O) groups is 1. The van der Waals surface area contributed by atoms with Crippen molar-refractivity contribution < 1.29 is 4.79 Å². The molecule has 2 aromatic heterocycles. The lowest BCUT2D eigenvalue weighted by atomic mass is 9.99. The van der Waals surface area contributed by atoms with Crippen LogP contribution in [0.4, 0.5) is 5.82 Å². The van der Waals surface area contributed by atoms with Crippen LogP contribution in [0.1, 0.15) is 41.6 Å². The van der Waals surface area contributed by atoms with Gasteiger partial charge >= 0.3 is 0 Å². The number of benzene rings is 1. The van der Waals surface area contributed by atoms with Gasteiger partial charge in [-0.1, -0.05) is 25.1 Å². The molecule has 0 atom stereocenters. The number of hydrogen-bond donors (Lipinski definition) is 2. The van der Waals surface area contributed by atoms with Crippen LogP contribution in [0.3, 0.4) is 0 Å². The van der Waals surface area contributed by atoms with Gasteiger partial charge in [-0.25, -0.2) is 9.97 Å². The Morgan fingerprint density at radius 3 is 2.86 bits per heavy atom. The summed E-state index contributed by atoms with van der Waals surface area (Å²) in [4.78, 5) is 27.1. The highest BCUT2D eigenvalue weighted by Gasteiger charge is 2.19. The fraction of sp³-hybridized carbons (Fsp3) is 0.409. The maximum Gasteiger partial charge on any atom is 0.270 e. The normalized spacial score (nSPS) is 15.1. The predicted octanol–water partition coefficient (Wildman–Crippen LogP) is 3.48. The van der Waals surface area contributed by atoms with E-state index in [1.165, 1.54) is 10.9 Å². The number of aryl methyl sites for hydroxylation is 1. The third kappa shape index (κ3) is 4.01. The molecule has 0 unspecified atom stereocenters. The second kappa shape index (κ2) is 8.00. The number of nitrogens with zero attached hydrogens (tertiary/aromatic N) is 3. The van der Waals surface area contributed by atoms with E-state index >= 15 is 0 Å². The highest BCUT2D eigenvalue weighted by molar-refractivity contribution is 5.93. The van der Waals surface area contributed by atoms with Crippen LogP contribution in [0.5, 0.6) is 0 Å². The van der Waals surface area contributed by atoms with Gasteiger partial charge in [0, 0.05) is 42.8 Å². The van der Waals surface area contributed by atoms with Gasteiger partial charge in [-0.3, -0.25) is 4.79 Å². The molecule has 0 spiro atoms. The van der Waals surface area contributed by atoms with Gasteiger partial charge in [-0.05, 0) is 43.7 Å². The number of hydrogen-bond acceptors (Lipinski definition) is 4. The molecule has 4 rings (SSSR count). The number of H-pyrrole nitrogens is 1. The number of para-hydroxylation sites is 1. The third-order valence-electron chi connectivity index (χ3n) is 5.52. The fourth-order valence-electron chi connectivity index (χ4n) is 3.81. The number of carbonyl (C=O) groups excluding carboxylic acids is 1. The molecule has 28 heavy (non-hydrogen) atoms. The van der Waals surface area contributed by atoms with Crippen LogP contribution < -0.4 is 10.2 Å². The summed E-state index contributed by atoms with van der Waals surface area (Å²) in [5.41, 5.74) is 2.77. The van der Waals surface area contributed by atoms with E-state index in [0.717, 1.165) is 49.6 Å². The molecular weight excluding hydrogens is 350 g/mol. The maximum absolute atomic E-state index is 12.6. The number of piperidine rings is 1. The number of rotatable bonds is 5. The Morgan fingerprint density at radius 1 is 1.25 bits per heavy atom. The minimum Gasteiger partial charge on any atom is -0.361 e. The molecule has 1 amide bonds. The summed E-state index contributed by atoms with van der Waals surface area (Å²) < 4.78 is 0. The molecule has 0 aliphatic carbocycles. The van der Waals surface area contributed by atoms with E-state index in [-0.39, 0.29) is 5.91 Å². The zero-order valence-electron chi connectivity index (χ0n) is 16.5. The Hall–Kier alpha value is -2.89. The Kier molecular flexibility index (Phi) is 5.28. The largest absolute Gasteiger partial charge is 0.361 e. The van der Waals surface area contributed by atoms with Gasteiger partial charge in [0.2, 0.25) is 0 Å². The molecule has 1 aromatic carbocycles. The minimum atomic E-state index is -0.142. The van der Waals surface area contributed by atoms with Crippen molar-refractivity contribution in [3.05, 3.63) is 53.6 Å². The van der Waals surface area contributed by atoms with Gasteiger partial charge in [0.15, 0.2) is 0 Å². The fourth-order valence-corrected chi connectivity index (χ4v) is 3.81. The van der Waals surface area contributed by atoms with Gasteiger partial charge in [-0.2, -0.15) is 0 Å². The van der Waals surface area contributed by atoms with Crippen molar-refractivity contribution in [1.82, 2.24) is 20.3 Å². The lowest BCUT2D eigenvalue weighted by molar-refractivity contribution is 0.0948. The van der Waals surface area contributed by atoms with Crippen LogP contribution in [0.25, 0.3) is 10.9 Å². The molecule has 0 radical (unpaired) electrons. The molecule has 3 aromatic rings. The number of aromatic amines is 1. The van der Waals surface area contributed by atoms with E-state index in [1.54, 1.807) is 0 Å². The first-order chi connectivity index (χ1) is 13.6. The SMILES string of the molecule is Cc1nc(C(=O)NCCc2c[nH]c3ccccc23)cc(N2CCC(C)CC2)n1. The minimum absolute atomic E-state index is 0.142. The summed E-state index contributed by atoms with van der Waals surface area (Å²) >= 11 is 0. The average Bonchev–Trinajstić information content (AvgIpc) is 3.11. The highest BCUT2D eigenvalue weighted by Crippen LogP contribution is 2.22. The van der Waals surface area contributed by atoms with Crippen molar-refractivity contribution in [2.75, 3.05) is 24.5 Å². The topological polar surface area (TPSA) is 73.9 Å². The maximum atomic E-state index is 12.6. The van der Waals surface area contributed by atoms with Crippen LogP contribution in [0.15, 0.2) is 36.5 Å². The first-order valence-electron chi connectivity index (χ1n) is 10.0. The average molecular weight is 377 g/mol. The van der Waals surface area contributed by atoms with Gasteiger partial charge in [0.05, 0.1) is 0 Å². The van der Waals surface area contributed by atoms with Crippen LogP contribution >= 0.6 is 0 Å². The highest BCUT2D eigenvalue weighted by atomic mass is 16.1. The summed E-state index contributed by atoms with van der Waals surface area (Å²) in [5, 5.41) is 4.21. The number of amides is 1. The van der Waals surface area contributed by atoms with Crippen LogP contribution in [0.2, 0.25) is 0 Å². The summed E-state index contributed by atoms with van der Waals surface area (Å²) in [6.45, 7) is 6.67. The Bertz CT molecular complexity index is 972. The van der Waals surface area contributed by atoms with Gasteiger partial charge in [0.1, 0.15) is 17.3 Å².